The molecule has 1 fully saturated rings. The topological polar surface area (TPSA) is 123 Å². The average molecular weight is 469 g/mol. The number of hydrogen-bond donors (Lipinski definition) is 3. The summed E-state index contributed by atoms with van der Waals surface area (Å²) in [5.41, 5.74) is -1.83. The van der Waals surface area contributed by atoms with Crippen molar-refractivity contribution in [3.05, 3.63) is 32.6 Å². The van der Waals surface area contributed by atoms with Gasteiger partial charge in [0.1, 0.15) is 23.8 Å². The molecule has 0 aromatic carbocycles. The van der Waals surface area contributed by atoms with Gasteiger partial charge in [0.2, 0.25) is 0 Å². The van der Waals surface area contributed by atoms with Crippen LogP contribution in [0.1, 0.15) is 18.2 Å². The van der Waals surface area contributed by atoms with Gasteiger partial charge in [-0.2, -0.15) is 13.2 Å². The van der Waals surface area contributed by atoms with Crippen LogP contribution in [0.15, 0.2) is 15.8 Å². The molecule has 2 rings (SSSR count). The van der Waals surface area contributed by atoms with Crippen molar-refractivity contribution in [3.63, 3.8) is 0 Å². The number of alkyl halides is 3. The van der Waals surface area contributed by atoms with E-state index in [1.54, 1.807) is 5.32 Å². The highest BCUT2D eigenvalue weighted by atomic mass is 33.1. The Hall–Kier alpha value is -1.92. The SMILES string of the molecule is CSSCOC1C[C@H](n2cc(C#CCNC(=O)C(F)(F)F)c(=O)[nH]c2=O)O[C@@H]1CO. The largest absolute Gasteiger partial charge is 0.471 e. The van der Waals surface area contributed by atoms with Gasteiger partial charge in [0, 0.05) is 12.6 Å². The molecule has 0 bridgehead atoms. The normalized spacial score (nSPS) is 21.2. The molecule has 1 aromatic heterocycles. The van der Waals surface area contributed by atoms with E-state index < -0.39 is 48.3 Å². The molecule has 2 heterocycles. The van der Waals surface area contributed by atoms with Crippen molar-refractivity contribution in [1.29, 1.82) is 0 Å². The molecule has 14 heteroatoms. The zero-order valence-corrected chi connectivity index (χ0v) is 17.2. The van der Waals surface area contributed by atoms with Gasteiger partial charge in [-0.3, -0.25) is 19.1 Å². The number of aromatic amines is 1. The Balaban J connectivity index is 2.14. The quantitative estimate of drug-likeness (QED) is 0.224. The third-order valence-corrected chi connectivity index (χ3v) is 5.37. The number of nitrogens with zero attached hydrogens (tertiary/aromatic N) is 1. The number of aliphatic hydroxyl groups is 1. The molecule has 0 radical (unpaired) electrons. The third kappa shape index (κ3) is 6.54. The number of carbonyl (C=O) groups excluding carboxylic acids is 1. The first-order valence-corrected chi connectivity index (χ1v) is 11.1. The smallest absolute Gasteiger partial charge is 0.394 e. The summed E-state index contributed by atoms with van der Waals surface area (Å²) >= 11 is 0. The number of carbonyl (C=O) groups is 1. The van der Waals surface area contributed by atoms with E-state index in [0.29, 0.717) is 5.94 Å². The molecule has 0 spiro atoms. The summed E-state index contributed by atoms with van der Waals surface area (Å²) in [7, 11) is 2.95. The number of aromatic nitrogens is 2. The summed E-state index contributed by atoms with van der Waals surface area (Å²) in [6.45, 7) is -0.985. The number of aliphatic hydroxyl groups excluding tert-OH is 1. The molecule has 1 unspecified atom stereocenters. The van der Waals surface area contributed by atoms with Crippen LogP contribution in [-0.2, 0) is 14.3 Å². The molecule has 1 aliphatic rings. The van der Waals surface area contributed by atoms with Crippen molar-refractivity contribution in [2.24, 2.45) is 0 Å². The van der Waals surface area contributed by atoms with Gasteiger partial charge in [-0.15, -0.1) is 0 Å². The Kier molecular flexibility index (Phi) is 8.86. The van der Waals surface area contributed by atoms with Gasteiger partial charge in [-0.05, 0) is 6.26 Å². The number of hydrogen-bond acceptors (Lipinski definition) is 8. The van der Waals surface area contributed by atoms with Gasteiger partial charge in [-0.1, -0.05) is 33.4 Å². The summed E-state index contributed by atoms with van der Waals surface area (Å²) in [5.74, 6) is 2.72. The van der Waals surface area contributed by atoms with E-state index in [2.05, 4.69) is 11.8 Å². The van der Waals surface area contributed by atoms with Gasteiger partial charge in [0.25, 0.3) is 5.56 Å². The number of halogens is 3. The highest BCUT2D eigenvalue weighted by Gasteiger charge is 2.38. The number of amides is 1. The van der Waals surface area contributed by atoms with E-state index in [1.807, 2.05) is 11.2 Å². The van der Waals surface area contributed by atoms with Crippen LogP contribution in [0.25, 0.3) is 0 Å². The van der Waals surface area contributed by atoms with Crippen molar-refractivity contribution >= 4 is 27.5 Å². The van der Waals surface area contributed by atoms with Crippen LogP contribution in [0.4, 0.5) is 13.2 Å². The number of nitrogens with one attached hydrogen (secondary N) is 2. The van der Waals surface area contributed by atoms with Crippen LogP contribution < -0.4 is 16.6 Å². The molecule has 3 N–H and O–H groups in total. The summed E-state index contributed by atoms with van der Waals surface area (Å²) < 4.78 is 48.7. The van der Waals surface area contributed by atoms with E-state index >= 15 is 0 Å². The molecule has 166 valence electrons. The van der Waals surface area contributed by atoms with Gasteiger partial charge in [0.15, 0.2) is 0 Å². The monoisotopic (exact) mass is 469 g/mol. The number of ether oxygens (including phenoxy) is 2. The van der Waals surface area contributed by atoms with Crippen molar-refractivity contribution in [2.45, 2.75) is 31.0 Å². The zero-order chi connectivity index (χ0) is 22.3. The standard InChI is InChI=1S/C16H18F3N3O6S2/c1-29-30-8-27-10-5-12(28-11(10)7-23)22-6-9(13(24)21-15(22)26)3-2-4-20-14(25)16(17,18)19/h6,10-12,23H,4-5,7-8H2,1H3,(H,20,25)(H,21,24,26)/t10?,11-,12-/m1/s1. The third-order valence-electron chi connectivity index (χ3n) is 3.90. The summed E-state index contributed by atoms with van der Waals surface area (Å²) in [6, 6.07) is 0. The predicted octanol–water partition coefficient (Wildman–Crippen LogP) is 0.200. The average Bonchev–Trinajstić information content (AvgIpc) is 3.08. The second-order valence-electron chi connectivity index (χ2n) is 5.85. The maximum Gasteiger partial charge on any atom is 0.471 e. The fraction of sp³-hybridized carbons (Fsp3) is 0.562. The van der Waals surface area contributed by atoms with Crippen LogP contribution in [0, 0.1) is 11.8 Å². The molecule has 1 amide bonds. The second kappa shape index (κ2) is 10.9. The Morgan fingerprint density at radius 3 is 2.87 bits per heavy atom. The highest BCUT2D eigenvalue weighted by Crippen LogP contribution is 2.31. The lowest BCUT2D eigenvalue weighted by Gasteiger charge is -2.15. The molecule has 30 heavy (non-hydrogen) atoms. The van der Waals surface area contributed by atoms with Gasteiger partial charge < -0.3 is 19.9 Å². The molecule has 0 saturated carbocycles. The minimum Gasteiger partial charge on any atom is -0.394 e. The van der Waals surface area contributed by atoms with Gasteiger partial charge in [-0.25, -0.2) is 4.79 Å². The Morgan fingerprint density at radius 1 is 1.50 bits per heavy atom. The predicted molar refractivity (Wildman–Crippen MR) is 104 cm³/mol. The molecule has 9 nitrogen and oxygen atoms in total. The molecular formula is C16H18F3N3O6S2. The van der Waals surface area contributed by atoms with E-state index in [9.17, 15) is 32.7 Å². The molecule has 3 atom stereocenters. The summed E-state index contributed by atoms with van der Waals surface area (Å²) in [4.78, 5) is 36.8. The molecule has 1 saturated heterocycles. The molecular weight excluding hydrogens is 451 g/mol. The lowest BCUT2D eigenvalue weighted by molar-refractivity contribution is -0.173. The Labute approximate surface area is 176 Å². The van der Waals surface area contributed by atoms with Crippen molar-refractivity contribution in [1.82, 2.24) is 14.9 Å². The number of H-pyrrole nitrogens is 1. The fourth-order valence-corrected chi connectivity index (χ4v) is 3.31. The van der Waals surface area contributed by atoms with Crippen molar-refractivity contribution in [3.8, 4) is 11.8 Å². The molecule has 0 aliphatic carbocycles. The van der Waals surface area contributed by atoms with Crippen LogP contribution >= 0.6 is 21.6 Å². The number of rotatable bonds is 7. The second-order valence-corrected chi connectivity index (χ2v) is 8.36. The first kappa shape index (κ1) is 24.4. The maximum absolute atomic E-state index is 12.2. The van der Waals surface area contributed by atoms with Gasteiger partial charge >= 0.3 is 17.8 Å². The molecule has 1 aliphatic heterocycles. The fourth-order valence-electron chi connectivity index (χ4n) is 2.53. The van der Waals surface area contributed by atoms with Crippen LogP contribution in [0.5, 0.6) is 0 Å². The van der Waals surface area contributed by atoms with Crippen LogP contribution in [0.2, 0.25) is 0 Å². The van der Waals surface area contributed by atoms with E-state index in [4.69, 9.17) is 9.47 Å². The maximum atomic E-state index is 12.2. The lowest BCUT2D eigenvalue weighted by atomic mass is 10.2. The van der Waals surface area contributed by atoms with Gasteiger partial charge in [0.05, 0.1) is 19.3 Å². The zero-order valence-electron chi connectivity index (χ0n) is 15.5. The minimum atomic E-state index is -5.04. The van der Waals surface area contributed by atoms with E-state index in [1.165, 1.54) is 21.6 Å². The first-order chi connectivity index (χ1) is 14.2. The molecule has 1 aromatic rings. The first-order valence-electron chi connectivity index (χ1n) is 8.40. The van der Waals surface area contributed by atoms with E-state index in [-0.39, 0.29) is 18.6 Å². The Morgan fingerprint density at radius 2 is 2.23 bits per heavy atom. The lowest BCUT2D eigenvalue weighted by Crippen LogP contribution is -2.37. The summed E-state index contributed by atoms with van der Waals surface area (Å²) in [6.07, 6.45) is -3.83. The summed E-state index contributed by atoms with van der Waals surface area (Å²) in [5, 5.41) is 11.0. The van der Waals surface area contributed by atoms with Crippen LogP contribution in [-0.4, -0.2) is 64.3 Å². The van der Waals surface area contributed by atoms with Crippen molar-refractivity contribution < 1.29 is 32.5 Å². The van der Waals surface area contributed by atoms with Crippen molar-refractivity contribution in [2.75, 3.05) is 25.3 Å². The van der Waals surface area contributed by atoms with E-state index in [0.717, 1.165) is 10.8 Å². The van der Waals surface area contributed by atoms with Crippen LogP contribution in [0.3, 0.4) is 0 Å². The minimum absolute atomic E-state index is 0.206. The highest BCUT2D eigenvalue weighted by molar-refractivity contribution is 8.76. The Bertz CT molecular complexity index is 924.